The SMILES string of the molecule is COc1ccccc1C(COc1nc2sc(-c3ncco3)c(C)c2c(=O)n1C1(CC(=O)O)CC1)OC1CCOCC1. The van der Waals surface area contributed by atoms with Crippen molar-refractivity contribution < 1.29 is 33.3 Å². The van der Waals surface area contributed by atoms with Crippen LogP contribution in [0.4, 0.5) is 0 Å². The molecule has 1 aliphatic carbocycles. The van der Waals surface area contributed by atoms with Crippen LogP contribution in [0.15, 0.2) is 45.9 Å². The van der Waals surface area contributed by atoms with E-state index in [1.807, 2.05) is 31.2 Å². The fraction of sp³-hybridized carbons (Fsp3) is 0.448. The van der Waals surface area contributed by atoms with Crippen LogP contribution < -0.4 is 15.0 Å². The summed E-state index contributed by atoms with van der Waals surface area (Å²) in [7, 11) is 1.60. The molecule has 1 unspecified atom stereocenters. The minimum Gasteiger partial charge on any atom is -0.496 e. The number of aryl methyl sites for hydroxylation is 1. The van der Waals surface area contributed by atoms with Gasteiger partial charge in [0.15, 0.2) is 0 Å². The highest BCUT2D eigenvalue weighted by atomic mass is 32.1. The highest BCUT2D eigenvalue weighted by Gasteiger charge is 2.49. The summed E-state index contributed by atoms with van der Waals surface area (Å²) < 4.78 is 30.9. The molecule has 12 heteroatoms. The number of rotatable bonds is 11. The number of nitrogens with zero attached hydrogens (tertiary/aromatic N) is 3. The van der Waals surface area contributed by atoms with E-state index in [1.54, 1.807) is 13.3 Å². The molecule has 1 N–H and O–H groups in total. The normalized spacial score (nSPS) is 17.4. The third-order valence-electron chi connectivity index (χ3n) is 7.72. The number of ether oxygens (including phenoxy) is 4. The molecule has 216 valence electrons. The van der Waals surface area contributed by atoms with Crippen LogP contribution in [0.3, 0.4) is 0 Å². The topological polar surface area (TPSA) is 135 Å². The molecule has 0 bridgehead atoms. The van der Waals surface area contributed by atoms with Crippen molar-refractivity contribution in [2.75, 3.05) is 26.9 Å². The Bertz CT molecular complexity index is 1600. The summed E-state index contributed by atoms with van der Waals surface area (Å²) in [6.07, 6.45) is 4.81. The molecule has 1 atom stereocenters. The van der Waals surface area contributed by atoms with Crippen molar-refractivity contribution in [2.24, 2.45) is 0 Å². The van der Waals surface area contributed by atoms with Crippen LogP contribution in [0.1, 0.15) is 49.3 Å². The number of oxazole rings is 1. The number of methoxy groups -OCH3 is 1. The quantitative estimate of drug-likeness (QED) is 0.265. The molecule has 11 nitrogen and oxygen atoms in total. The highest BCUT2D eigenvalue weighted by Crippen LogP contribution is 2.48. The van der Waals surface area contributed by atoms with E-state index < -0.39 is 17.6 Å². The van der Waals surface area contributed by atoms with Gasteiger partial charge in [0.2, 0.25) is 5.89 Å². The average Bonchev–Trinajstić information content (AvgIpc) is 3.36. The number of carboxylic acids is 1. The molecule has 41 heavy (non-hydrogen) atoms. The summed E-state index contributed by atoms with van der Waals surface area (Å²) >= 11 is 1.29. The van der Waals surface area contributed by atoms with Gasteiger partial charge >= 0.3 is 12.0 Å². The number of aromatic nitrogens is 3. The van der Waals surface area contributed by atoms with Gasteiger partial charge in [-0.25, -0.2) is 4.98 Å². The van der Waals surface area contributed by atoms with Gasteiger partial charge < -0.3 is 28.5 Å². The molecule has 4 heterocycles. The number of hydrogen-bond donors (Lipinski definition) is 1. The Balaban J connectivity index is 1.42. The number of para-hydroxylation sites is 1. The van der Waals surface area contributed by atoms with Gasteiger partial charge in [0.05, 0.1) is 41.6 Å². The zero-order valence-electron chi connectivity index (χ0n) is 22.8. The van der Waals surface area contributed by atoms with Gasteiger partial charge in [0.1, 0.15) is 29.6 Å². The maximum absolute atomic E-state index is 14.1. The van der Waals surface area contributed by atoms with E-state index in [9.17, 15) is 14.7 Å². The van der Waals surface area contributed by atoms with Crippen molar-refractivity contribution in [2.45, 2.75) is 56.8 Å². The van der Waals surface area contributed by atoms with Crippen LogP contribution in [0, 0.1) is 6.92 Å². The number of hydrogen-bond acceptors (Lipinski definition) is 10. The minimum absolute atomic E-state index is 0.0371. The Kier molecular flexibility index (Phi) is 7.54. The Morgan fingerprint density at radius 2 is 2.05 bits per heavy atom. The zero-order chi connectivity index (χ0) is 28.6. The van der Waals surface area contributed by atoms with Gasteiger partial charge in [-0.2, -0.15) is 4.98 Å². The van der Waals surface area contributed by atoms with E-state index in [0.29, 0.717) is 58.4 Å². The first-order chi connectivity index (χ1) is 19.9. The molecule has 6 rings (SSSR count). The Labute approximate surface area is 239 Å². The molecular formula is C29H31N3O8S. The first-order valence-electron chi connectivity index (χ1n) is 13.6. The predicted octanol–water partition coefficient (Wildman–Crippen LogP) is 4.71. The monoisotopic (exact) mass is 581 g/mol. The fourth-order valence-corrected chi connectivity index (χ4v) is 6.56. The fourth-order valence-electron chi connectivity index (χ4n) is 5.45. The number of carbonyl (C=O) groups is 1. The van der Waals surface area contributed by atoms with Crippen molar-refractivity contribution in [1.82, 2.24) is 14.5 Å². The molecule has 1 saturated carbocycles. The minimum atomic E-state index is -0.988. The van der Waals surface area contributed by atoms with Crippen molar-refractivity contribution >= 4 is 27.5 Å². The number of thiophene rings is 1. The number of aliphatic carboxylic acids is 1. The maximum atomic E-state index is 14.1. The molecule has 1 aromatic carbocycles. The number of fused-ring (bicyclic) bond motifs is 1. The largest absolute Gasteiger partial charge is 0.496 e. The molecule has 0 amide bonds. The van der Waals surface area contributed by atoms with Gasteiger partial charge in [-0.05, 0) is 44.2 Å². The summed E-state index contributed by atoms with van der Waals surface area (Å²) in [5.41, 5.74) is 0.250. The first kappa shape index (κ1) is 27.4. The summed E-state index contributed by atoms with van der Waals surface area (Å²) in [5.74, 6) is 0.0624. The second-order valence-electron chi connectivity index (χ2n) is 10.4. The van der Waals surface area contributed by atoms with Crippen LogP contribution in [0.2, 0.25) is 0 Å². The van der Waals surface area contributed by atoms with E-state index in [4.69, 9.17) is 28.3 Å². The summed E-state index contributed by atoms with van der Waals surface area (Å²) in [4.78, 5) is 36.1. The smallest absolute Gasteiger partial charge is 0.305 e. The van der Waals surface area contributed by atoms with E-state index in [0.717, 1.165) is 18.4 Å². The second-order valence-corrected chi connectivity index (χ2v) is 11.4. The highest BCUT2D eigenvalue weighted by molar-refractivity contribution is 7.22. The zero-order valence-corrected chi connectivity index (χ0v) is 23.6. The van der Waals surface area contributed by atoms with Crippen LogP contribution in [0.5, 0.6) is 11.8 Å². The van der Waals surface area contributed by atoms with Gasteiger partial charge in [-0.15, -0.1) is 11.3 Å². The van der Waals surface area contributed by atoms with Crippen molar-refractivity contribution in [3.05, 3.63) is 58.2 Å². The molecule has 0 spiro atoms. The number of benzene rings is 1. The summed E-state index contributed by atoms with van der Waals surface area (Å²) in [6, 6.07) is 7.64. The second kappa shape index (κ2) is 11.3. The third kappa shape index (κ3) is 5.34. The molecule has 0 radical (unpaired) electrons. The Morgan fingerprint density at radius 3 is 2.73 bits per heavy atom. The van der Waals surface area contributed by atoms with Gasteiger partial charge in [0, 0.05) is 18.8 Å². The standard InChI is InChI=1S/C29H31N3O8S/c1-17-23-26(41-24(17)25-30-11-14-38-25)31-28(32(27(23)35)29(9-10-29)15-22(33)34)39-16-21(40-18-7-12-37-13-8-18)19-5-3-4-6-20(19)36-2/h3-6,11,14,18,21H,7-10,12-13,15-16H2,1-2H3,(H,33,34). The van der Waals surface area contributed by atoms with Gasteiger partial charge in [0.25, 0.3) is 5.56 Å². The van der Waals surface area contributed by atoms with Crippen LogP contribution in [-0.4, -0.2) is 58.6 Å². The lowest BCUT2D eigenvalue weighted by atomic mass is 10.1. The molecule has 2 aliphatic rings. The summed E-state index contributed by atoms with van der Waals surface area (Å²) in [6.45, 7) is 3.09. The number of carboxylic acid groups (broad SMARTS) is 1. The van der Waals surface area contributed by atoms with E-state index in [2.05, 4.69) is 4.98 Å². The van der Waals surface area contributed by atoms with Gasteiger partial charge in [-0.1, -0.05) is 18.2 Å². The predicted molar refractivity (Wildman–Crippen MR) is 150 cm³/mol. The molecule has 2 fully saturated rings. The lowest BCUT2D eigenvalue weighted by Crippen LogP contribution is -2.35. The van der Waals surface area contributed by atoms with Crippen LogP contribution in [-0.2, 0) is 19.8 Å². The maximum Gasteiger partial charge on any atom is 0.305 e. The first-order valence-corrected chi connectivity index (χ1v) is 14.4. The Hall–Kier alpha value is -3.74. The molecular weight excluding hydrogens is 550 g/mol. The molecule has 3 aromatic heterocycles. The van der Waals surface area contributed by atoms with Crippen molar-refractivity contribution in [1.29, 1.82) is 0 Å². The van der Waals surface area contributed by atoms with E-state index >= 15 is 0 Å². The van der Waals surface area contributed by atoms with Crippen molar-refractivity contribution in [3.63, 3.8) is 0 Å². The average molecular weight is 582 g/mol. The van der Waals surface area contributed by atoms with E-state index in [1.165, 1.54) is 22.2 Å². The Morgan fingerprint density at radius 1 is 1.27 bits per heavy atom. The molecule has 1 aliphatic heterocycles. The third-order valence-corrected chi connectivity index (χ3v) is 8.89. The van der Waals surface area contributed by atoms with Crippen LogP contribution in [0.25, 0.3) is 21.0 Å². The van der Waals surface area contributed by atoms with Crippen LogP contribution >= 0.6 is 11.3 Å². The summed E-state index contributed by atoms with van der Waals surface area (Å²) in [5, 5.41) is 10.1. The lowest BCUT2D eigenvalue weighted by molar-refractivity contribution is -0.138. The molecule has 1 saturated heterocycles. The van der Waals surface area contributed by atoms with Gasteiger partial charge in [-0.3, -0.25) is 14.2 Å². The van der Waals surface area contributed by atoms with Crippen molar-refractivity contribution in [3.8, 4) is 22.5 Å². The molecule has 4 aromatic rings. The van der Waals surface area contributed by atoms with E-state index in [-0.39, 0.29) is 30.7 Å². The lowest BCUT2D eigenvalue weighted by Gasteiger charge is -2.29.